The van der Waals surface area contributed by atoms with Crippen molar-refractivity contribution in [1.29, 1.82) is 0 Å². The summed E-state index contributed by atoms with van der Waals surface area (Å²) < 4.78 is 11.5. The Hall–Kier alpha value is -2.16. The minimum absolute atomic E-state index is 0.490. The molecule has 0 aromatic heterocycles. The van der Waals surface area contributed by atoms with Crippen LogP contribution in [0.2, 0.25) is 0 Å². The highest BCUT2D eigenvalue weighted by Gasteiger charge is 2.09. The molecule has 2 aromatic rings. The Morgan fingerprint density at radius 2 is 1.68 bits per heavy atom. The maximum atomic E-state index is 5.93. The molecule has 0 amide bonds. The number of nitrogen functional groups attached to an aromatic ring is 1. The Morgan fingerprint density at radius 3 is 2.50 bits per heavy atom. The van der Waals surface area contributed by atoms with Crippen LogP contribution in [0, 0.1) is 6.92 Å². The Bertz CT molecular complexity index is 652. The third kappa shape index (κ3) is 3.53. The minimum Gasteiger partial charge on any atom is -0.490 e. The van der Waals surface area contributed by atoms with Crippen LogP contribution in [0.15, 0.2) is 36.4 Å². The average Bonchev–Trinajstić information content (AvgIpc) is 2.53. The molecule has 1 aliphatic carbocycles. The summed E-state index contributed by atoms with van der Waals surface area (Å²) in [6, 6.07) is 12.3. The summed E-state index contributed by atoms with van der Waals surface area (Å²) in [5, 5.41) is 0. The topological polar surface area (TPSA) is 44.5 Å². The van der Waals surface area contributed by atoms with Crippen LogP contribution < -0.4 is 15.2 Å². The fourth-order valence-electron chi connectivity index (χ4n) is 2.91. The molecule has 0 bridgehead atoms. The van der Waals surface area contributed by atoms with Gasteiger partial charge in [-0.15, -0.1) is 0 Å². The molecular formula is C19H23NO2. The molecule has 0 atom stereocenters. The second-order valence-electron chi connectivity index (χ2n) is 5.88. The van der Waals surface area contributed by atoms with Crippen LogP contribution in [-0.2, 0) is 12.8 Å². The second-order valence-corrected chi connectivity index (χ2v) is 5.88. The van der Waals surface area contributed by atoms with Crippen molar-refractivity contribution in [1.82, 2.24) is 0 Å². The number of nitrogens with two attached hydrogens (primary N) is 1. The van der Waals surface area contributed by atoms with E-state index >= 15 is 0 Å². The molecule has 0 saturated heterocycles. The van der Waals surface area contributed by atoms with E-state index in [1.807, 2.05) is 25.1 Å². The van der Waals surface area contributed by atoms with Crippen LogP contribution >= 0.6 is 0 Å². The SMILES string of the molecule is Cc1ccc(OCCOc2ccc3c(c2)CCCC3)c(N)c1. The molecule has 2 N–H and O–H groups in total. The molecule has 3 nitrogen and oxygen atoms in total. The standard InChI is InChI=1S/C19H23NO2/c1-14-6-9-19(18(20)12-14)22-11-10-21-17-8-7-15-4-2-3-5-16(15)13-17/h6-9,12-13H,2-5,10-11,20H2,1H3. The number of anilines is 1. The normalized spacial score (nSPS) is 13.5. The molecule has 0 fully saturated rings. The van der Waals surface area contributed by atoms with Gasteiger partial charge in [0.1, 0.15) is 24.7 Å². The molecule has 2 aromatic carbocycles. The predicted molar refractivity (Wildman–Crippen MR) is 89.7 cm³/mol. The average molecular weight is 297 g/mol. The highest BCUT2D eigenvalue weighted by Crippen LogP contribution is 2.25. The van der Waals surface area contributed by atoms with Crippen molar-refractivity contribution >= 4 is 5.69 Å². The Labute approximate surface area is 132 Å². The number of benzene rings is 2. The van der Waals surface area contributed by atoms with Crippen molar-refractivity contribution in [3.63, 3.8) is 0 Å². The van der Waals surface area contributed by atoms with Crippen molar-refractivity contribution < 1.29 is 9.47 Å². The molecule has 0 unspecified atom stereocenters. The van der Waals surface area contributed by atoms with Gasteiger partial charge in [0, 0.05) is 0 Å². The third-order valence-corrected chi connectivity index (χ3v) is 4.09. The van der Waals surface area contributed by atoms with Gasteiger partial charge in [0.25, 0.3) is 0 Å². The lowest BCUT2D eigenvalue weighted by Crippen LogP contribution is -2.10. The number of aryl methyl sites for hydroxylation is 3. The molecule has 22 heavy (non-hydrogen) atoms. The van der Waals surface area contributed by atoms with Crippen molar-refractivity contribution in [3.05, 3.63) is 53.1 Å². The van der Waals surface area contributed by atoms with E-state index in [1.165, 1.54) is 36.8 Å². The number of fused-ring (bicyclic) bond motifs is 1. The van der Waals surface area contributed by atoms with Crippen molar-refractivity contribution in [2.24, 2.45) is 0 Å². The molecule has 0 aliphatic heterocycles. The van der Waals surface area contributed by atoms with Gasteiger partial charge in [-0.2, -0.15) is 0 Å². The van der Waals surface area contributed by atoms with Crippen molar-refractivity contribution in [3.8, 4) is 11.5 Å². The van der Waals surface area contributed by atoms with E-state index in [-0.39, 0.29) is 0 Å². The minimum atomic E-state index is 0.490. The lowest BCUT2D eigenvalue weighted by atomic mass is 9.92. The van der Waals surface area contributed by atoms with E-state index in [9.17, 15) is 0 Å². The first kappa shape index (κ1) is 14.8. The van der Waals surface area contributed by atoms with Crippen LogP contribution in [0.5, 0.6) is 11.5 Å². The lowest BCUT2D eigenvalue weighted by molar-refractivity contribution is 0.217. The molecule has 1 aliphatic rings. The predicted octanol–water partition coefficient (Wildman–Crippen LogP) is 3.91. The van der Waals surface area contributed by atoms with E-state index < -0.39 is 0 Å². The zero-order valence-corrected chi connectivity index (χ0v) is 13.1. The van der Waals surface area contributed by atoms with Crippen LogP contribution in [0.1, 0.15) is 29.5 Å². The van der Waals surface area contributed by atoms with Gasteiger partial charge in [0.05, 0.1) is 5.69 Å². The van der Waals surface area contributed by atoms with E-state index in [2.05, 4.69) is 18.2 Å². The van der Waals surface area contributed by atoms with Gasteiger partial charge in [0.2, 0.25) is 0 Å². The van der Waals surface area contributed by atoms with Gasteiger partial charge >= 0.3 is 0 Å². The molecule has 0 spiro atoms. The molecule has 3 heteroatoms. The van der Waals surface area contributed by atoms with Gasteiger partial charge in [-0.3, -0.25) is 0 Å². The highest BCUT2D eigenvalue weighted by atomic mass is 16.5. The molecule has 0 heterocycles. The summed E-state index contributed by atoms with van der Waals surface area (Å²) in [7, 11) is 0. The number of ether oxygens (including phenoxy) is 2. The summed E-state index contributed by atoms with van der Waals surface area (Å²) in [6.07, 6.45) is 4.96. The first-order valence-electron chi connectivity index (χ1n) is 7.96. The maximum absolute atomic E-state index is 5.93. The van der Waals surface area contributed by atoms with E-state index in [0.717, 1.165) is 17.1 Å². The van der Waals surface area contributed by atoms with E-state index in [4.69, 9.17) is 15.2 Å². The molecular weight excluding hydrogens is 274 g/mol. The maximum Gasteiger partial charge on any atom is 0.142 e. The zero-order valence-electron chi connectivity index (χ0n) is 13.1. The Morgan fingerprint density at radius 1 is 0.909 bits per heavy atom. The van der Waals surface area contributed by atoms with Gasteiger partial charge < -0.3 is 15.2 Å². The van der Waals surface area contributed by atoms with Gasteiger partial charge in [-0.05, 0) is 73.6 Å². The van der Waals surface area contributed by atoms with Crippen LogP contribution in [0.4, 0.5) is 5.69 Å². The molecule has 116 valence electrons. The van der Waals surface area contributed by atoms with Crippen LogP contribution in [-0.4, -0.2) is 13.2 Å². The van der Waals surface area contributed by atoms with Crippen molar-refractivity contribution in [2.45, 2.75) is 32.6 Å². The summed E-state index contributed by atoms with van der Waals surface area (Å²) >= 11 is 0. The number of hydrogen-bond acceptors (Lipinski definition) is 3. The molecule has 3 rings (SSSR count). The fraction of sp³-hybridized carbons (Fsp3) is 0.368. The highest BCUT2D eigenvalue weighted by molar-refractivity contribution is 5.54. The lowest BCUT2D eigenvalue weighted by Gasteiger charge is -2.17. The summed E-state index contributed by atoms with van der Waals surface area (Å²) in [6.45, 7) is 3.02. The number of hydrogen-bond donors (Lipinski definition) is 1. The Balaban J connectivity index is 1.51. The summed E-state index contributed by atoms with van der Waals surface area (Å²) in [5.74, 6) is 1.65. The van der Waals surface area contributed by atoms with Crippen LogP contribution in [0.25, 0.3) is 0 Å². The van der Waals surface area contributed by atoms with Gasteiger partial charge in [-0.25, -0.2) is 0 Å². The zero-order chi connectivity index (χ0) is 15.4. The molecule has 0 saturated carbocycles. The monoisotopic (exact) mass is 297 g/mol. The quantitative estimate of drug-likeness (QED) is 0.672. The first-order chi connectivity index (χ1) is 10.7. The second kappa shape index (κ2) is 6.73. The first-order valence-corrected chi connectivity index (χ1v) is 7.96. The van der Waals surface area contributed by atoms with E-state index in [1.54, 1.807) is 0 Å². The number of rotatable bonds is 5. The van der Waals surface area contributed by atoms with Crippen molar-refractivity contribution in [2.75, 3.05) is 18.9 Å². The van der Waals surface area contributed by atoms with E-state index in [0.29, 0.717) is 18.9 Å². The van der Waals surface area contributed by atoms with Gasteiger partial charge in [0.15, 0.2) is 0 Å². The third-order valence-electron chi connectivity index (χ3n) is 4.09. The fourth-order valence-corrected chi connectivity index (χ4v) is 2.91. The summed E-state index contributed by atoms with van der Waals surface area (Å²) in [5.41, 5.74) is 10.6. The smallest absolute Gasteiger partial charge is 0.142 e. The molecule has 0 radical (unpaired) electrons. The Kier molecular flexibility index (Phi) is 4.52. The largest absolute Gasteiger partial charge is 0.490 e. The summed E-state index contributed by atoms with van der Waals surface area (Å²) in [4.78, 5) is 0. The van der Waals surface area contributed by atoms with Gasteiger partial charge in [-0.1, -0.05) is 12.1 Å². The van der Waals surface area contributed by atoms with Crippen LogP contribution in [0.3, 0.4) is 0 Å².